The van der Waals surface area contributed by atoms with E-state index in [1.54, 1.807) is 0 Å². The number of hydrogen-bond acceptors (Lipinski definition) is 3. The van der Waals surface area contributed by atoms with Crippen LogP contribution >= 0.6 is 0 Å². The molecule has 2 saturated heterocycles. The largest absolute Gasteiger partial charge is 0.353 e. The third kappa shape index (κ3) is 3.59. The topological polar surface area (TPSA) is 44.4 Å². The van der Waals surface area contributed by atoms with E-state index in [0.717, 1.165) is 32.0 Å². The summed E-state index contributed by atoms with van der Waals surface area (Å²) in [4.78, 5) is 15.3. The van der Waals surface area contributed by atoms with Gasteiger partial charge in [0.1, 0.15) is 0 Å². The van der Waals surface area contributed by atoms with E-state index in [2.05, 4.69) is 29.4 Å². The summed E-state index contributed by atoms with van der Waals surface area (Å²) < 4.78 is 0. The number of rotatable bonds is 4. The highest BCUT2D eigenvalue weighted by atomic mass is 16.2. The Morgan fingerprint density at radius 2 is 1.86 bits per heavy atom. The van der Waals surface area contributed by atoms with Crippen molar-refractivity contribution >= 4 is 5.91 Å². The molecule has 1 amide bonds. The van der Waals surface area contributed by atoms with Gasteiger partial charge in [0.2, 0.25) is 5.91 Å². The molecule has 1 atom stereocenters. The lowest BCUT2D eigenvalue weighted by molar-refractivity contribution is -0.133. The number of carbonyl (C=O) groups is 1. The van der Waals surface area contributed by atoms with Crippen LogP contribution in [0.1, 0.15) is 52.4 Å². The highest BCUT2D eigenvalue weighted by molar-refractivity contribution is 5.82. The molecule has 2 N–H and O–H groups in total. The molecule has 1 saturated carbocycles. The highest BCUT2D eigenvalue weighted by Crippen LogP contribution is 2.33. The van der Waals surface area contributed by atoms with Crippen LogP contribution < -0.4 is 10.6 Å². The van der Waals surface area contributed by atoms with Crippen LogP contribution in [0.3, 0.4) is 0 Å². The first kappa shape index (κ1) is 15.3. The van der Waals surface area contributed by atoms with Gasteiger partial charge in [-0.1, -0.05) is 13.8 Å². The summed E-state index contributed by atoms with van der Waals surface area (Å²) in [5.41, 5.74) is -0.249. The maximum Gasteiger partial charge on any atom is 0.226 e. The molecule has 1 unspecified atom stereocenters. The molecule has 0 bridgehead atoms. The van der Waals surface area contributed by atoms with Gasteiger partial charge in [0, 0.05) is 30.6 Å². The number of nitrogens with one attached hydrogen (secondary N) is 2. The van der Waals surface area contributed by atoms with Crippen molar-refractivity contribution in [3.63, 3.8) is 0 Å². The molecule has 21 heavy (non-hydrogen) atoms. The third-order valence-electron chi connectivity index (χ3n) is 5.83. The number of likely N-dealkylation sites (tertiary alicyclic amines) is 1. The summed E-state index contributed by atoms with van der Waals surface area (Å²) in [6.07, 6.45) is 7.40. The molecule has 3 aliphatic rings. The van der Waals surface area contributed by atoms with Gasteiger partial charge in [0.25, 0.3) is 0 Å². The van der Waals surface area contributed by atoms with Crippen molar-refractivity contribution in [2.75, 3.05) is 26.2 Å². The zero-order chi connectivity index (χ0) is 14.9. The Balaban J connectivity index is 1.48. The standard InChI is InChI=1S/C17H31N3O/c1-17(2,13-4-3-9-18-12-13)16(21)19-14-7-10-20(11-8-14)15-5-6-15/h13-15,18H,3-12H2,1-2H3,(H,19,21). The lowest BCUT2D eigenvalue weighted by Crippen LogP contribution is -2.52. The van der Waals surface area contributed by atoms with E-state index in [1.807, 2.05) is 0 Å². The molecular formula is C17H31N3O. The van der Waals surface area contributed by atoms with Gasteiger partial charge in [-0.2, -0.15) is 0 Å². The first-order valence-corrected chi connectivity index (χ1v) is 8.83. The van der Waals surface area contributed by atoms with E-state index in [9.17, 15) is 4.79 Å². The van der Waals surface area contributed by atoms with Crippen molar-refractivity contribution in [3.8, 4) is 0 Å². The summed E-state index contributed by atoms with van der Waals surface area (Å²) in [5.74, 6) is 0.735. The molecule has 0 spiro atoms. The summed E-state index contributed by atoms with van der Waals surface area (Å²) in [6.45, 7) is 8.68. The van der Waals surface area contributed by atoms with Crippen LogP contribution in [0, 0.1) is 11.3 Å². The second-order valence-electron chi connectivity index (χ2n) is 7.78. The maximum absolute atomic E-state index is 12.7. The Bertz CT molecular complexity index is 364. The van der Waals surface area contributed by atoms with Gasteiger partial charge in [0.05, 0.1) is 0 Å². The Morgan fingerprint density at radius 1 is 1.14 bits per heavy atom. The summed E-state index contributed by atoms with van der Waals surface area (Å²) in [5, 5.41) is 6.78. The number of hydrogen-bond donors (Lipinski definition) is 2. The number of piperidine rings is 2. The van der Waals surface area contributed by atoms with E-state index in [0.29, 0.717) is 12.0 Å². The first-order valence-electron chi connectivity index (χ1n) is 8.83. The minimum Gasteiger partial charge on any atom is -0.353 e. The van der Waals surface area contributed by atoms with Crippen LogP contribution in [-0.2, 0) is 4.79 Å². The smallest absolute Gasteiger partial charge is 0.226 e. The lowest BCUT2D eigenvalue weighted by Gasteiger charge is -2.38. The molecule has 4 nitrogen and oxygen atoms in total. The summed E-state index contributed by atoms with van der Waals surface area (Å²) in [7, 11) is 0. The monoisotopic (exact) mass is 293 g/mol. The lowest BCUT2D eigenvalue weighted by atomic mass is 9.74. The van der Waals surface area contributed by atoms with Crippen molar-refractivity contribution in [1.82, 2.24) is 15.5 Å². The molecular weight excluding hydrogens is 262 g/mol. The fraction of sp³-hybridized carbons (Fsp3) is 0.941. The van der Waals surface area contributed by atoms with Gasteiger partial charge in [-0.3, -0.25) is 4.79 Å². The number of carbonyl (C=O) groups excluding carboxylic acids is 1. The Kier molecular flexibility index (Phi) is 4.55. The molecule has 0 aromatic carbocycles. The number of nitrogens with zero attached hydrogens (tertiary/aromatic N) is 1. The minimum atomic E-state index is -0.249. The van der Waals surface area contributed by atoms with Gasteiger partial charge in [0.15, 0.2) is 0 Å². The molecule has 0 radical (unpaired) electrons. The predicted octanol–water partition coefficient (Wildman–Crippen LogP) is 1.76. The molecule has 3 fully saturated rings. The van der Waals surface area contributed by atoms with Gasteiger partial charge < -0.3 is 15.5 Å². The van der Waals surface area contributed by atoms with Gasteiger partial charge >= 0.3 is 0 Å². The zero-order valence-corrected chi connectivity index (χ0v) is 13.7. The third-order valence-corrected chi connectivity index (χ3v) is 5.83. The SMILES string of the molecule is CC(C)(C(=O)NC1CCN(C2CC2)CC1)C1CCCNC1. The van der Waals surface area contributed by atoms with E-state index in [1.165, 1.54) is 38.8 Å². The van der Waals surface area contributed by atoms with Crippen LogP contribution in [-0.4, -0.2) is 49.1 Å². The first-order chi connectivity index (χ1) is 10.1. The van der Waals surface area contributed by atoms with Crippen LogP contribution in [0.25, 0.3) is 0 Å². The van der Waals surface area contributed by atoms with Crippen molar-refractivity contribution < 1.29 is 4.79 Å². The normalized spacial score (nSPS) is 29.3. The van der Waals surface area contributed by atoms with E-state index >= 15 is 0 Å². The van der Waals surface area contributed by atoms with Crippen LogP contribution in [0.5, 0.6) is 0 Å². The van der Waals surface area contributed by atoms with Gasteiger partial charge in [-0.05, 0) is 57.5 Å². The fourth-order valence-electron chi connectivity index (χ4n) is 3.87. The quantitative estimate of drug-likeness (QED) is 0.830. The Hall–Kier alpha value is -0.610. The van der Waals surface area contributed by atoms with Gasteiger partial charge in [-0.15, -0.1) is 0 Å². The number of amides is 1. The second kappa shape index (κ2) is 6.25. The Labute approximate surface area is 129 Å². The average Bonchev–Trinajstić information content (AvgIpc) is 3.33. The van der Waals surface area contributed by atoms with Crippen molar-refractivity contribution in [3.05, 3.63) is 0 Å². The molecule has 2 aliphatic heterocycles. The van der Waals surface area contributed by atoms with Crippen LogP contribution in [0.15, 0.2) is 0 Å². The molecule has 1 aliphatic carbocycles. The maximum atomic E-state index is 12.7. The summed E-state index contributed by atoms with van der Waals surface area (Å²) in [6, 6.07) is 1.26. The zero-order valence-electron chi connectivity index (χ0n) is 13.7. The Morgan fingerprint density at radius 3 is 2.43 bits per heavy atom. The van der Waals surface area contributed by atoms with Crippen molar-refractivity contribution in [2.45, 2.75) is 64.5 Å². The predicted molar refractivity (Wildman–Crippen MR) is 85.1 cm³/mol. The minimum absolute atomic E-state index is 0.249. The van der Waals surface area contributed by atoms with Crippen molar-refractivity contribution in [1.29, 1.82) is 0 Å². The van der Waals surface area contributed by atoms with E-state index in [4.69, 9.17) is 0 Å². The molecule has 0 aromatic heterocycles. The average molecular weight is 293 g/mol. The van der Waals surface area contributed by atoms with E-state index in [-0.39, 0.29) is 11.3 Å². The molecule has 120 valence electrons. The molecule has 2 heterocycles. The molecule has 0 aromatic rings. The molecule has 3 rings (SSSR count). The highest BCUT2D eigenvalue weighted by Gasteiger charge is 2.39. The second-order valence-corrected chi connectivity index (χ2v) is 7.78. The summed E-state index contributed by atoms with van der Waals surface area (Å²) >= 11 is 0. The van der Waals surface area contributed by atoms with Crippen molar-refractivity contribution in [2.24, 2.45) is 11.3 Å². The van der Waals surface area contributed by atoms with Gasteiger partial charge in [-0.25, -0.2) is 0 Å². The fourth-order valence-corrected chi connectivity index (χ4v) is 3.87. The van der Waals surface area contributed by atoms with E-state index < -0.39 is 0 Å². The van der Waals surface area contributed by atoms with Crippen LogP contribution in [0.2, 0.25) is 0 Å². The van der Waals surface area contributed by atoms with Crippen LogP contribution in [0.4, 0.5) is 0 Å². The molecule has 4 heteroatoms.